The van der Waals surface area contributed by atoms with Gasteiger partial charge < -0.3 is 14.9 Å². The average molecular weight is 197 g/mol. The van der Waals surface area contributed by atoms with Gasteiger partial charge in [-0.15, -0.1) is 0 Å². The lowest BCUT2D eigenvalue weighted by molar-refractivity contribution is 0.0420. The molecule has 2 heterocycles. The predicted molar refractivity (Wildman–Crippen MR) is 49.5 cm³/mol. The van der Waals surface area contributed by atoms with Crippen LogP contribution in [0.5, 0.6) is 0 Å². The van der Waals surface area contributed by atoms with Crippen LogP contribution in [0.1, 0.15) is 44.4 Å². The molecule has 1 aliphatic rings. The van der Waals surface area contributed by atoms with E-state index in [0.717, 1.165) is 19.4 Å². The van der Waals surface area contributed by atoms with Crippen molar-refractivity contribution in [3.8, 4) is 0 Å². The third kappa shape index (κ3) is 1.78. The van der Waals surface area contributed by atoms with Crippen LogP contribution in [-0.4, -0.2) is 21.8 Å². The van der Waals surface area contributed by atoms with Crippen LogP contribution in [0.4, 0.5) is 0 Å². The molecule has 0 aromatic carbocycles. The van der Waals surface area contributed by atoms with E-state index in [9.17, 15) is 5.11 Å². The third-order valence-electron chi connectivity index (χ3n) is 2.34. The molecule has 1 aliphatic heterocycles. The van der Waals surface area contributed by atoms with Crippen molar-refractivity contribution in [2.24, 2.45) is 0 Å². The maximum atomic E-state index is 9.63. The Morgan fingerprint density at radius 2 is 2.36 bits per heavy atom. The van der Waals surface area contributed by atoms with Crippen molar-refractivity contribution in [3.63, 3.8) is 0 Å². The highest BCUT2D eigenvalue weighted by molar-refractivity contribution is 5.00. The molecule has 0 amide bonds. The molecule has 2 N–H and O–H groups in total. The summed E-state index contributed by atoms with van der Waals surface area (Å²) in [5.74, 6) is 0.931. The second kappa shape index (κ2) is 3.33. The number of hydrogen-bond donors (Lipinski definition) is 2. The Bertz CT molecular complexity index is 310. The van der Waals surface area contributed by atoms with E-state index < -0.39 is 5.60 Å². The van der Waals surface area contributed by atoms with Gasteiger partial charge in [-0.05, 0) is 33.2 Å². The van der Waals surface area contributed by atoms with E-state index in [-0.39, 0.29) is 11.9 Å². The van der Waals surface area contributed by atoms with Crippen molar-refractivity contribution >= 4 is 0 Å². The minimum atomic E-state index is -1.05. The highest BCUT2D eigenvalue weighted by Crippen LogP contribution is 2.23. The number of aromatic nitrogens is 2. The zero-order valence-electron chi connectivity index (χ0n) is 8.45. The molecule has 1 aromatic heterocycles. The van der Waals surface area contributed by atoms with E-state index in [2.05, 4.69) is 15.5 Å². The molecule has 1 aromatic rings. The van der Waals surface area contributed by atoms with Gasteiger partial charge in [-0.25, -0.2) is 0 Å². The Balaban J connectivity index is 2.17. The highest BCUT2D eigenvalue weighted by Gasteiger charge is 2.27. The van der Waals surface area contributed by atoms with E-state index in [1.807, 2.05) is 0 Å². The zero-order chi connectivity index (χ0) is 10.2. The molecule has 1 atom stereocenters. The molecular weight excluding hydrogens is 182 g/mol. The van der Waals surface area contributed by atoms with Gasteiger partial charge in [-0.1, -0.05) is 5.16 Å². The first kappa shape index (κ1) is 9.61. The lowest BCUT2D eigenvalue weighted by atomic mass is 10.1. The number of aliphatic hydroxyl groups is 1. The summed E-state index contributed by atoms with van der Waals surface area (Å²) < 4.78 is 4.99. The van der Waals surface area contributed by atoms with Gasteiger partial charge in [0.05, 0.1) is 6.04 Å². The van der Waals surface area contributed by atoms with Crippen LogP contribution in [0.3, 0.4) is 0 Å². The van der Waals surface area contributed by atoms with Gasteiger partial charge in [0.15, 0.2) is 5.82 Å². The molecule has 1 saturated heterocycles. The fraction of sp³-hybridized carbons (Fsp3) is 0.778. The van der Waals surface area contributed by atoms with Crippen molar-refractivity contribution in [2.45, 2.75) is 38.3 Å². The average Bonchev–Trinajstić information content (AvgIpc) is 2.73. The normalized spacial score (nSPS) is 22.9. The van der Waals surface area contributed by atoms with Crippen LogP contribution in [0.2, 0.25) is 0 Å². The van der Waals surface area contributed by atoms with Gasteiger partial charge >= 0.3 is 0 Å². The van der Waals surface area contributed by atoms with Gasteiger partial charge in [0.2, 0.25) is 0 Å². The van der Waals surface area contributed by atoms with E-state index in [4.69, 9.17) is 4.52 Å². The summed E-state index contributed by atoms with van der Waals surface area (Å²) in [6.45, 7) is 4.26. The van der Waals surface area contributed by atoms with Crippen molar-refractivity contribution in [1.29, 1.82) is 0 Å². The topological polar surface area (TPSA) is 71.2 Å². The molecular formula is C9H15N3O2. The lowest BCUT2D eigenvalue weighted by Gasteiger charge is -2.09. The molecule has 0 bridgehead atoms. The largest absolute Gasteiger partial charge is 0.381 e. The summed E-state index contributed by atoms with van der Waals surface area (Å²) in [5.41, 5.74) is -1.05. The van der Waals surface area contributed by atoms with Crippen molar-refractivity contribution in [2.75, 3.05) is 6.54 Å². The van der Waals surface area contributed by atoms with Crippen molar-refractivity contribution < 1.29 is 9.63 Å². The molecule has 78 valence electrons. The van der Waals surface area contributed by atoms with Crippen LogP contribution in [-0.2, 0) is 5.60 Å². The molecule has 1 fully saturated rings. The van der Waals surface area contributed by atoms with Gasteiger partial charge in [0, 0.05) is 0 Å². The minimum absolute atomic E-state index is 0.190. The molecule has 0 saturated carbocycles. The SMILES string of the molecule is CC(C)(O)c1nc(C2CCCN2)no1. The Kier molecular flexibility index (Phi) is 2.28. The second-order valence-corrected chi connectivity index (χ2v) is 4.17. The zero-order valence-corrected chi connectivity index (χ0v) is 8.45. The predicted octanol–water partition coefficient (Wildman–Crippen LogP) is 0.721. The maximum absolute atomic E-state index is 9.63. The number of rotatable bonds is 2. The van der Waals surface area contributed by atoms with Crippen molar-refractivity contribution in [3.05, 3.63) is 11.7 Å². The maximum Gasteiger partial charge on any atom is 0.258 e. The summed E-state index contributed by atoms with van der Waals surface area (Å²) in [6, 6.07) is 0.190. The minimum Gasteiger partial charge on any atom is -0.381 e. The fourth-order valence-corrected chi connectivity index (χ4v) is 1.53. The molecule has 5 nitrogen and oxygen atoms in total. The Morgan fingerprint density at radius 3 is 2.86 bits per heavy atom. The fourth-order valence-electron chi connectivity index (χ4n) is 1.53. The van der Waals surface area contributed by atoms with E-state index in [1.165, 1.54) is 0 Å². The van der Waals surface area contributed by atoms with E-state index in [0.29, 0.717) is 5.82 Å². The molecule has 0 aliphatic carbocycles. The summed E-state index contributed by atoms with van der Waals surface area (Å²) in [7, 11) is 0. The number of nitrogens with one attached hydrogen (secondary N) is 1. The van der Waals surface area contributed by atoms with Crippen molar-refractivity contribution in [1.82, 2.24) is 15.5 Å². The molecule has 1 unspecified atom stereocenters. The summed E-state index contributed by atoms with van der Waals surface area (Å²) >= 11 is 0. The first-order valence-corrected chi connectivity index (χ1v) is 4.87. The first-order valence-electron chi connectivity index (χ1n) is 4.87. The van der Waals surface area contributed by atoms with Crippen LogP contribution < -0.4 is 5.32 Å². The summed E-state index contributed by atoms with van der Waals surface area (Å²) in [6.07, 6.45) is 2.17. The third-order valence-corrected chi connectivity index (χ3v) is 2.34. The summed E-state index contributed by atoms with van der Waals surface area (Å²) in [4.78, 5) is 4.17. The Labute approximate surface area is 82.5 Å². The molecule has 2 rings (SSSR count). The molecule has 14 heavy (non-hydrogen) atoms. The second-order valence-electron chi connectivity index (χ2n) is 4.17. The Hall–Kier alpha value is -0.940. The lowest BCUT2D eigenvalue weighted by Crippen LogP contribution is -2.17. The van der Waals surface area contributed by atoms with Gasteiger partial charge in [0.1, 0.15) is 5.60 Å². The quantitative estimate of drug-likeness (QED) is 0.731. The van der Waals surface area contributed by atoms with E-state index in [1.54, 1.807) is 13.8 Å². The first-order chi connectivity index (χ1) is 6.57. The van der Waals surface area contributed by atoms with Crippen LogP contribution in [0.25, 0.3) is 0 Å². The highest BCUT2D eigenvalue weighted by atomic mass is 16.5. The van der Waals surface area contributed by atoms with Crippen LogP contribution in [0.15, 0.2) is 4.52 Å². The summed E-state index contributed by atoms with van der Waals surface area (Å²) in [5, 5.41) is 16.8. The van der Waals surface area contributed by atoms with E-state index >= 15 is 0 Å². The van der Waals surface area contributed by atoms with Crippen LogP contribution in [0, 0.1) is 0 Å². The van der Waals surface area contributed by atoms with Gasteiger partial charge in [-0.3, -0.25) is 0 Å². The molecule has 0 radical (unpaired) electrons. The Morgan fingerprint density at radius 1 is 1.57 bits per heavy atom. The smallest absolute Gasteiger partial charge is 0.258 e. The molecule has 5 heteroatoms. The number of nitrogens with zero attached hydrogens (tertiary/aromatic N) is 2. The van der Waals surface area contributed by atoms with Gasteiger partial charge in [-0.2, -0.15) is 4.98 Å². The monoisotopic (exact) mass is 197 g/mol. The number of hydrogen-bond acceptors (Lipinski definition) is 5. The molecule has 0 spiro atoms. The van der Waals surface area contributed by atoms with Crippen LogP contribution >= 0.6 is 0 Å². The van der Waals surface area contributed by atoms with Gasteiger partial charge in [0.25, 0.3) is 5.89 Å². The standard InChI is InChI=1S/C9H15N3O2/c1-9(2,13)8-11-7(12-14-8)6-4-3-5-10-6/h6,10,13H,3-5H2,1-2H3.